The third-order valence-corrected chi connectivity index (χ3v) is 2.82. The van der Waals surface area contributed by atoms with E-state index in [4.69, 9.17) is 5.84 Å². The van der Waals surface area contributed by atoms with Gasteiger partial charge in [0.1, 0.15) is 5.82 Å². The molecule has 0 aliphatic carbocycles. The second-order valence-electron chi connectivity index (χ2n) is 4.12. The van der Waals surface area contributed by atoms with Gasteiger partial charge in [-0.25, -0.2) is 4.39 Å². The second-order valence-corrected chi connectivity index (χ2v) is 4.12. The Morgan fingerprint density at radius 3 is 2.44 bits per heavy atom. The molecular formula is C13H21FN2. The molecule has 3 N–H and O–H groups in total. The maximum atomic E-state index is 12.8. The molecule has 0 amide bonds. The van der Waals surface area contributed by atoms with Gasteiger partial charge in [-0.1, -0.05) is 44.7 Å². The molecule has 16 heavy (non-hydrogen) atoms. The van der Waals surface area contributed by atoms with Crippen molar-refractivity contribution in [2.75, 3.05) is 0 Å². The van der Waals surface area contributed by atoms with Gasteiger partial charge in [0.2, 0.25) is 0 Å². The van der Waals surface area contributed by atoms with Crippen molar-refractivity contribution in [1.29, 1.82) is 0 Å². The summed E-state index contributed by atoms with van der Waals surface area (Å²) in [6.07, 6.45) is 5.88. The predicted molar refractivity (Wildman–Crippen MR) is 65.2 cm³/mol. The van der Waals surface area contributed by atoms with Crippen LogP contribution < -0.4 is 11.3 Å². The van der Waals surface area contributed by atoms with Crippen LogP contribution in [0.1, 0.15) is 50.6 Å². The van der Waals surface area contributed by atoms with E-state index in [-0.39, 0.29) is 11.9 Å². The standard InChI is InChI=1S/C13H21FN2/c1-2-3-4-5-6-13(16-15)11-7-9-12(14)10-8-11/h7-10,13,16H,2-6,15H2,1H3. The molecule has 0 spiro atoms. The van der Waals surface area contributed by atoms with E-state index in [0.29, 0.717) is 0 Å². The smallest absolute Gasteiger partial charge is 0.123 e. The first kappa shape index (κ1) is 13.1. The minimum absolute atomic E-state index is 0.137. The van der Waals surface area contributed by atoms with Crippen LogP contribution in [0.2, 0.25) is 0 Å². The van der Waals surface area contributed by atoms with E-state index in [0.717, 1.165) is 18.4 Å². The van der Waals surface area contributed by atoms with Crippen LogP contribution in [0.15, 0.2) is 24.3 Å². The molecule has 0 heterocycles. The molecule has 0 aliphatic rings. The zero-order valence-electron chi connectivity index (χ0n) is 9.88. The number of hydrogen-bond donors (Lipinski definition) is 2. The lowest BCUT2D eigenvalue weighted by molar-refractivity contribution is 0.481. The van der Waals surface area contributed by atoms with Gasteiger partial charge in [-0.15, -0.1) is 0 Å². The van der Waals surface area contributed by atoms with E-state index in [9.17, 15) is 4.39 Å². The van der Waals surface area contributed by atoms with Gasteiger partial charge in [-0.05, 0) is 24.1 Å². The van der Waals surface area contributed by atoms with Crippen LogP contribution in [0.25, 0.3) is 0 Å². The van der Waals surface area contributed by atoms with E-state index in [1.54, 1.807) is 12.1 Å². The Morgan fingerprint density at radius 2 is 1.88 bits per heavy atom. The molecule has 2 nitrogen and oxygen atoms in total. The molecule has 0 saturated carbocycles. The van der Waals surface area contributed by atoms with Gasteiger partial charge in [-0.2, -0.15) is 0 Å². The summed E-state index contributed by atoms with van der Waals surface area (Å²) in [6.45, 7) is 2.19. The van der Waals surface area contributed by atoms with Crippen molar-refractivity contribution < 1.29 is 4.39 Å². The van der Waals surface area contributed by atoms with Crippen LogP contribution in [-0.2, 0) is 0 Å². The van der Waals surface area contributed by atoms with Gasteiger partial charge in [0.05, 0.1) is 0 Å². The zero-order valence-corrected chi connectivity index (χ0v) is 9.88. The fraction of sp³-hybridized carbons (Fsp3) is 0.538. The molecule has 0 aromatic heterocycles. The van der Waals surface area contributed by atoms with Crippen molar-refractivity contribution in [3.8, 4) is 0 Å². The maximum Gasteiger partial charge on any atom is 0.123 e. The number of nitrogens with two attached hydrogens (primary N) is 1. The Hall–Kier alpha value is -0.930. The van der Waals surface area contributed by atoms with E-state index in [1.807, 2.05) is 0 Å². The lowest BCUT2D eigenvalue weighted by Gasteiger charge is -2.16. The third-order valence-electron chi connectivity index (χ3n) is 2.82. The van der Waals surface area contributed by atoms with Crippen LogP contribution in [0, 0.1) is 5.82 Å². The lowest BCUT2D eigenvalue weighted by Crippen LogP contribution is -2.27. The van der Waals surface area contributed by atoms with E-state index >= 15 is 0 Å². The number of halogens is 1. The number of hydrogen-bond acceptors (Lipinski definition) is 2. The highest BCUT2D eigenvalue weighted by Crippen LogP contribution is 2.19. The summed E-state index contributed by atoms with van der Waals surface area (Å²) in [6, 6.07) is 6.68. The third kappa shape index (κ3) is 4.29. The number of unbranched alkanes of at least 4 members (excludes halogenated alkanes) is 3. The molecule has 3 heteroatoms. The summed E-state index contributed by atoms with van der Waals surface area (Å²) >= 11 is 0. The minimum Gasteiger partial charge on any atom is -0.271 e. The van der Waals surface area contributed by atoms with Crippen LogP contribution in [0.5, 0.6) is 0 Å². The Kier molecular flexibility index (Phi) is 6.04. The van der Waals surface area contributed by atoms with Crippen LogP contribution in [0.4, 0.5) is 4.39 Å². The predicted octanol–water partition coefficient (Wildman–Crippen LogP) is 3.30. The fourth-order valence-corrected chi connectivity index (χ4v) is 1.82. The first-order chi connectivity index (χ1) is 7.77. The molecule has 1 unspecified atom stereocenters. The molecule has 0 saturated heterocycles. The van der Waals surface area contributed by atoms with Gasteiger partial charge in [-0.3, -0.25) is 11.3 Å². The molecule has 0 radical (unpaired) electrons. The van der Waals surface area contributed by atoms with Crippen molar-refractivity contribution in [2.24, 2.45) is 5.84 Å². The van der Waals surface area contributed by atoms with E-state index in [1.165, 1.54) is 31.4 Å². The molecule has 0 fully saturated rings. The van der Waals surface area contributed by atoms with Crippen molar-refractivity contribution in [1.82, 2.24) is 5.43 Å². The quantitative estimate of drug-likeness (QED) is 0.423. The topological polar surface area (TPSA) is 38.0 Å². The lowest BCUT2D eigenvalue weighted by atomic mass is 10.0. The average Bonchev–Trinajstić information content (AvgIpc) is 2.31. The Labute approximate surface area is 97.0 Å². The van der Waals surface area contributed by atoms with E-state index in [2.05, 4.69) is 12.3 Å². The van der Waals surface area contributed by atoms with Crippen LogP contribution in [-0.4, -0.2) is 0 Å². The van der Waals surface area contributed by atoms with Gasteiger partial charge in [0.25, 0.3) is 0 Å². The highest BCUT2D eigenvalue weighted by Gasteiger charge is 2.08. The van der Waals surface area contributed by atoms with Crippen LogP contribution in [0.3, 0.4) is 0 Å². The molecule has 1 atom stereocenters. The van der Waals surface area contributed by atoms with Crippen molar-refractivity contribution in [2.45, 2.75) is 45.1 Å². The van der Waals surface area contributed by atoms with Crippen molar-refractivity contribution in [3.63, 3.8) is 0 Å². The number of nitrogens with one attached hydrogen (secondary N) is 1. The van der Waals surface area contributed by atoms with Gasteiger partial charge in [0.15, 0.2) is 0 Å². The summed E-state index contributed by atoms with van der Waals surface area (Å²) in [7, 11) is 0. The maximum absolute atomic E-state index is 12.8. The van der Waals surface area contributed by atoms with Crippen LogP contribution >= 0.6 is 0 Å². The largest absolute Gasteiger partial charge is 0.271 e. The first-order valence-electron chi connectivity index (χ1n) is 5.99. The molecule has 1 aromatic rings. The summed E-state index contributed by atoms with van der Waals surface area (Å²) < 4.78 is 12.8. The minimum atomic E-state index is -0.203. The number of hydrazine groups is 1. The summed E-state index contributed by atoms with van der Waals surface area (Å²) in [5, 5.41) is 0. The molecule has 1 aromatic carbocycles. The normalized spacial score (nSPS) is 12.7. The molecule has 1 rings (SSSR count). The Balaban J connectivity index is 2.44. The number of benzene rings is 1. The van der Waals surface area contributed by atoms with Gasteiger partial charge in [0, 0.05) is 6.04 Å². The van der Waals surface area contributed by atoms with E-state index < -0.39 is 0 Å². The molecular weight excluding hydrogens is 203 g/mol. The van der Waals surface area contributed by atoms with Crippen molar-refractivity contribution >= 4 is 0 Å². The zero-order chi connectivity index (χ0) is 11.8. The second kappa shape index (κ2) is 7.36. The molecule has 0 bridgehead atoms. The SMILES string of the molecule is CCCCCCC(NN)c1ccc(F)cc1. The summed E-state index contributed by atoms with van der Waals surface area (Å²) in [5.74, 6) is 5.31. The average molecular weight is 224 g/mol. The highest BCUT2D eigenvalue weighted by atomic mass is 19.1. The molecule has 0 aliphatic heterocycles. The molecule has 90 valence electrons. The summed E-state index contributed by atoms with van der Waals surface area (Å²) in [4.78, 5) is 0. The summed E-state index contributed by atoms with van der Waals surface area (Å²) in [5.41, 5.74) is 3.85. The highest BCUT2D eigenvalue weighted by molar-refractivity contribution is 5.19. The monoisotopic (exact) mass is 224 g/mol. The Morgan fingerprint density at radius 1 is 1.19 bits per heavy atom. The fourth-order valence-electron chi connectivity index (χ4n) is 1.82. The first-order valence-corrected chi connectivity index (χ1v) is 5.99. The van der Waals surface area contributed by atoms with Gasteiger partial charge < -0.3 is 0 Å². The van der Waals surface area contributed by atoms with Crippen molar-refractivity contribution in [3.05, 3.63) is 35.6 Å². The van der Waals surface area contributed by atoms with Gasteiger partial charge >= 0.3 is 0 Å². The Bertz CT molecular complexity index is 284. The number of rotatable bonds is 7.